The van der Waals surface area contributed by atoms with Crippen LogP contribution in [0.2, 0.25) is 0 Å². The van der Waals surface area contributed by atoms with Gasteiger partial charge in [0.1, 0.15) is 0 Å². The van der Waals surface area contributed by atoms with Gasteiger partial charge in [-0.1, -0.05) is 37.2 Å². The van der Waals surface area contributed by atoms with Gasteiger partial charge in [-0.05, 0) is 72.2 Å². The van der Waals surface area contributed by atoms with Crippen molar-refractivity contribution < 1.29 is 9.59 Å². The second-order valence-electron chi connectivity index (χ2n) is 7.15. The first-order valence-electron chi connectivity index (χ1n) is 10.2. The Balaban J connectivity index is 1.62. The lowest BCUT2D eigenvalue weighted by molar-refractivity contribution is -0.115. The Morgan fingerprint density at radius 2 is 1.68 bits per heavy atom. The Morgan fingerprint density at radius 1 is 1.03 bits per heavy atom. The van der Waals surface area contributed by atoms with Gasteiger partial charge < -0.3 is 10.6 Å². The summed E-state index contributed by atoms with van der Waals surface area (Å²) in [6.45, 7) is 5.43. The molecule has 2 aromatic carbocycles. The minimum absolute atomic E-state index is 0.143. The highest BCUT2D eigenvalue weighted by molar-refractivity contribution is 8.00. The first kappa shape index (κ1) is 22.5. The normalized spacial score (nSPS) is 11.7. The number of tetrazole rings is 1. The molecule has 3 aromatic rings. The topological polar surface area (TPSA) is 102 Å². The molecule has 1 heterocycles. The largest absolute Gasteiger partial charge is 0.326 e. The number of hydrogen-bond donors (Lipinski definition) is 2. The van der Waals surface area contributed by atoms with E-state index in [1.165, 1.54) is 24.2 Å². The van der Waals surface area contributed by atoms with Crippen LogP contribution in [0.15, 0.2) is 53.7 Å². The molecule has 162 valence electrons. The van der Waals surface area contributed by atoms with Crippen LogP contribution in [0, 0.1) is 0 Å². The Kier molecular flexibility index (Phi) is 7.77. The maximum absolute atomic E-state index is 12.6. The van der Waals surface area contributed by atoms with Gasteiger partial charge in [-0.3, -0.25) is 9.59 Å². The fraction of sp³-hybridized carbons (Fsp3) is 0.318. The number of carbonyl (C=O) groups excluding carboxylic acids is 2. The van der Waals surface area contributed by atoms with Crippen LogP contribution in [0.25, 0.3) is 5.69 Å². The van der Waals surface area contributed by atoms with Gasteiger partial charge in [0, 0.05) is 18.3 Å². The van der Waals surface area contributed by atoms with Gasteiger partial charge in [0.05, 0.1) is 10.9 Å². The molecule has 0 unspecified atom stereocenters. The molecule has 0 bridgehead atoms. The first-order chi connectivity index (χ1) is 15.0. The summed E-state index contributed by atoms with van der Waals surface area (Å²) in [4.78, 5) is 23.7. The van der Waals surface area contributed by atoms with Crippen LogP contribution in [-0.2, 0) is 16.0 Å². The predicted molar refractivity (Wildman–Crippen MR) is 122 cm³/mol. The van der Waals surface area contributed by atoms with Crippen LogP contribution in [0.4, 0.5) is 11.4 Å². The van der Waals surface area contributed by atoms with Gasteiger partial charge in [-0.25, -0.2) is 0 Å². The summed E-state index contributed by atoms with van der Waals surface area (Å²) in [7, 11) is 0. The van der Waals surface area contributed by atoms with Gasteiger partial charge in [0.15, 0.2) is 0 Å². The van der Waals surface area contributed by atoms with E-state index in [9.17, 15) is 9.59 Å². The molecule has 2 N–H and O–H groups in total. The highest BCUT2D eigenvalue weighted by Crippen LogP contribution is 2.24. The molecule has 0 aliphatic carbocycles. The van der Waals surface area contributed by atoms with Crippen molar-refractivity contribution in [1.82, 2.24) is 20.2 Å². The smallest absolute Gasteiger partial charge is 0.237 e. The molecule has 31 heavy (non-hydrogen) atoms. The molecule has 2 amide bonds. The van der Waals surface area contributed by atoms with Gasteiger partial charge in [-0.2, -0.15) is 4.68 Å². The summed E-state index contributed by atoms with van der Waals surface area (Å²) in [5.74, 6) is -0.308. The summed E-state index contributed by atoms with van der Waals surface area (Å²) in [6.07, 6.45) is 3.37. The van der Waals surface area contributed by atoms with E-state index < -0.39 is 5.25 Å². The van der Waals surface area contributed by atoms with Crippen molar-refractivity contribution in [3.63, 3.8) is 0 Å². The number of amides is 2. The van der Waals surface area contributed by atoms with Crippen molar-refractivity contribution in [3.8, 4) is 5.69 Å². The van der Waals surface area contributed by atoms with Crippen molar-refractivity contribution in [1.29, 1.82) is 0 Å². The SMILES string of the molecule is CCCCc1ccc(-n2nnnc2S[C@@H](C)C(=O)Nc2ccc(NC(C)=O)cc2)cc1. The molecule has 0 aliphatic rings. The molecule has 3 rings (SSSR count). The molecule has 0 spiro atoms. The third-order valence-electron chi connectivity index (χ3n) is 4.57. The van der Waals surface area contributed by atoms with E-state index >= 15 is 0 Å². The lowest BCUT2D eigenvalue weighted by Crippen LogP contribution is -2.23. The molecule has 0 saturated heterocycles. The number of benzene rings is 2. The third kappa shape index (κ3) is 6.39. The molecule has 9 heteroatoms. The quantitative estimate of drug-likeness (QED) is 0.488. The van der Waals surface area contributed by atoms with Gasteiger partial charge in [0.2, 0.25) is 17.0 Å². The number of thioether (sulfide) groups is 1. The van der Waals surface area contributed by atoms with Crippen LogP contribution in [0.1, 0.15) is 39.2 Å². The van der Waals surface area contributed by atoms with Gasteiger partial charge in [-0.15, -0.1) is 5.10 Å². The van der Waals surface area contributed by atoms with Crippen molar-refractivity contribution >= 4 is 35.0 Å². The Morgan fingerprint density at radius 3 is 2.29 bits per heavy atom. The minimum atomic E-state index is -0.413. The standard InChI is InChI=1S/C22H26N6O2S/c1-4-5-6-17-7-13-20(14-8-17)28-22(25-26-27-28)31-15(2)21(30)24-19-11-9-18(10-12-19)23-16(3)29/h7-15H,4-6H2,1-3H3,(H,23,29)(H,24,30)/t15-/m0/s1. The van der Waals surface area contributed by atoms with Crippen LogP contribution >= 0.6 is 11.8 Å². The number of unbranched alkanes of at least 4 members (excludes halogenated alkanes) is 1. The van der Waals surface area contributed by atoms with Crippen LogP contribution in [0.3, 0.4) is 0 Å². The fourth-order valence-electron chi connectivity index (χ4n) is 2.89. The minimum Gasteiger partial charge on any atom is -0.326 e. The molecule has 0 saturated carbocycles. The van der Waals surface area contributed by atoms with E-state index in [0.29, 0.717) is 16.5 Å². The number of nitrogens with zero attached hydrogens (tertiary/aromatic N) is 4. The Bertz CT molecular complexity index is 1020. The van der Waals surface area contributed by atoms with Crippen LogP contribution < -0.4 is 10.6 Å². The van der Waals surface area contributed by atoms with Crippen molar-refractivity contribution in [2.24, 2.45) is 0 Å². The number of carbonyl (C=O) groups is 2. The second kappa shape index (κ2) is 10.7. The monoisotopic (exact) mass is 438 g/mol. The number of rotatable bonds is 9. The number of aromatic nitrogens is 4. The zero-order chi connectivity index (χ0) is 22.2. The van der Waals surface area contributed by atoms with E-state index in [1.54, 1.807) is 35.9 Å². The average Bonchev–Trinajstić information content (AvgIpc) is 3.21. The van der Waals surface area contributed by atoms with E-state index in [2.05, 4.69) is 45.2 Å². The first-order valence-corrected chi connectivity index (χ1v) is 11.1. The van der Waals surface area contributed by atoms with E-state index in [0.717, 1.165) is 24.9 Å². The van der Waals surface area contributed by atoms with Gasteiger partial charge >= 0.3 is 0 Å². The van der Waals surface area contributed by atoms with E-state index in [1.807, 2.05) is 12.1 Å². The molecule has 0 radical (unpaired) electrons. The molecular formula is C22H26N6O2S. The zero-order valence-electron chi connectivity index (χ0n) is 17.8. The highest BCUT2D eigenvalue weighted by atomic mass is 32.2. The van der Waals surface area contributed by atoms with Crippen molar-refractivity contribution in [2.75, 3.05) is 10.6 Å². The third-order valence-corrected chi connectivity index (χ3v) is 5.60. The lowest BCUT2D eigenvalue weighted by Gasteiger charge is -2.12. The molecule has 1 aromatic heterocycles. The summed E-state index contributed by atoms with van der Waals surface area (Å²) in [6, 6.07) is 15.1. The number of nitrogens with one attached hydrogen (secondary N) is 2. The van der Waals surface area contributed by atoms with Crippen molar-refractivity contribution in [2.45, 2.75) is 50.4 Å². The maximum Gasteiger partial charge on any atom is 0.237 e. The van der Waals surface area contributed by atoms with E-state index in [4.69, 9.17) is 0 Å². The zero-order valence-corrected chi connectivity index (χ0v) is 18.6. The predicted octanol–water partition coefficient (Wildman–Crippen LogP) is 4.08. The summed E-state index contributed by atoms with van der Waals surface area (Å²) >= 11 is 1.29. The highest BCUT2D eigenvalue weighted by Gasteiger charge is 2.19. The summed E-state index contributed by atoms with van der Waals surface area (Å²) in [5.41, 5.74) is 3.46. The summed E-state index contributed by atoms with van der Waals surface area (Å²) in [5, 5.41) is 17.6. The molecule has 0 fully saturated rings. The van der Waals surface area contributed by atoms with Crippen LogP contribution in [-0.4, -0.2) is 37.3 Å². The second-order valence-corrected chi connectivity index (χ2v) is 8.46. The number of anilines is 2. The van der Waals surface area contributed by atoms with Crippen molar-refractivity contribution in [3.05, 3.63) is 54.1 Å². The van der Waals surface area contributed by atoms with Gasteiger partial charge in [0.25, 0.3) is 0 Å². The molecule has 1 atom stereocenters. The molecular weight excluding hydrogens is 412 g/mol. The number of hydrogen-bond acceptors (Lipinski definition) is 6. The average molecular weight is 439 g/mol. The molecule has 8 nitrogen and oxygen atoms in total. The Labute approximate surface area is 185 Å². The Hall–Kier alpha value is -3.20. The molecule has 0 aliphatic heterocycles. The maximum atomic E-state index is 12.6. The summed E-state index contributed by atoms with van der Waals surface area (Å²) < 4.78 is 1.64. The lowest BCUT2D eigenvalue weighted by atomic mass is 10.1. The van der Waals surface area contributed by atoms with Crippen LogP contribution in [0.5, 0.6) is 0 Å². The van der Waals surface area contributed by atoms with E-state index in [-0.39, 0.29) is 11.8 Å². The number of aryl methyl sites for hydroxylation is 1. The fourth-order valence-corrected chi connectivity index (χ4v) is 3.70.